The average Bonchev–Trinajstić information content (AvgIpc) is 2.93. The van der Waals surface area contributed by atoms with Crippen molar-refractivity contribution in [2.24, 2.45) is 7.05 Å². The van der Waals surface area contributed by atoms with E-state index in [0.29, 0.717) is 10.6 Å². The Bertz CT molecular complexity index is 857. The molecule has 3 aromatic rings. The van der Waals surface area contributed by atoms with E-state index in [1.807, 2.05) is 42.1 Å². The number of benzene rings is 2. The summed E-state index contributed by atoms with van der Waals surface area (Å²) in [5, 5.41) is 14.6. The van der Waals surface area contributed by atoms with Crippen molar-refractivity contribution in [2.75, 3.05) is 6.54 Å². The number of aliphatic hydroxyl groups excluding tert-OH is 1. The molecule has 0 aliphatic rings. The minimum atomic E-state index is -0.761. The van der Waals surface area contributed by atoms with E-state index in [1.165, 1.54) is 0 Å². The van der Waals surface area contributed by atoms with E-state index >= 15 is 0 Å². The SMILES string of the molecule is Cn1ccc2cc(C(O)CNC(=O)c3cccc(Cl)c3)ccc21. The summed E-state index contributed by atoms with van der Waals surface area (Å²) in [4.78, 5) is 12.1. The number of carbonyl (C=O) groups is 1. The Balaban J connectivity index is 1.68. The first kappa shape index (κ1) is 15.6. The third kappa shape index (κ3) is 3.38. The number of fused-ring (bicyclic) bond motifs is 1. The highest BCUT2D eigenvalue weighted by Gasteiger charge is 2.12. The van der Waals surface area contributed by atoms with Crippen LogP contribution in [0.2, 0.25) is 5.02 Å². The molecular formula is C18H17ClN2O2. The van der Waals surface area contributed by atoms with Crippen LogP contribution in [0.5, 0.6) is 0 Å². The lowest BCUT2D eigenvalue weighted by Crippen LogP contribution is -2.28. The summed E-state index contributed by atoms with van der Waals surface area (Å²) in [7, 11) is 1.98. The quantitative estimate of drug-likeness (QED) is 0.772. The molecule has 4 nitrogen and oxygen atoms in total. The molecule has 0 saturated carbocycles. The van der Waals surface area contributed by atoms with Gasteiger partial charge >= 0.3 is 0 Å². The van der Waals surface area contributed by atoms with Gasteiger partial charge < -0.3 is 15.0 Å². The highest BCUT2D eigenvalue weighted by Crippen LogP contribution is 2.21. The Kier molecular flexibility index (Phi) is 4.37. The third-order valence-electron chi connectivity index (χ3n) is 3.84. The normalized spacial score (nSPS) is 12.3. The number of halogens is 1. The summed E-state index contributed by atoms with van der Waals surface area (Å²) < 4.78 is 2.02. The second kappa shape index (κ2) is 6.44. The maximum Gasteiger partial charge on any atom is 0.251 e. The Morgan fingerprint density at radius 3 is 2.87 bits per heavy atom. The molecule has 1 unspecified atom stereocenters. The monoisotopic (exact) mass is 328 g/mol. The van der Waals surface area contributed by atoms with Gasteiger partial charge in [-0.2, -0.15) is 0 Å². The van der Waals surface area contributed by atoms with Crippen molar-refractivity contribution in [3.8, 4) is 0 Å². The predicted octanol–water partition coefficient (Wildman–Crippen LogP) is 3.30. The molecule has 5 heteroatoms. The number of nitrogens with zero attached hydrogens (tertiary/aromatic N) is 1. The van der Waals surface area contributed by atoms with Gasteiger partial charge in [0.15, 0.2) is 0 Å². The molecule has 118 valence electrons. The molecule has 0 saturated heterocycles. The molecule has 1 amide bonds. The first-order chi connectivity index (χ1) is 11.0. The van der Waals surface area contributed by atoms with Crippen molar-refractivity contribution in [2.45, 2.75) is 6.10 Å². The number of hydrogen-bond acceptors (Lipinski definition) is 2. The van der Waals surface area contributed by atoms with Crippen LogP contribution in [0, 0.1) is 0 Å². The maximum atomic E-state index is 12.1. The number of aliphatic hydroxyl groups is 1. The van der Waals surface area contributed by atoms with Gasteiger partial charge in [-0.15, -0.1) is 0 Å². The predicted molar refractivity (Wildman–Crippen MR) is 91.7 cm³/mol. The van der Waals surface area contributed by atoms with Crippen molar-refractivity contribution in [1.82, 2.24) is 9.88 Å². The molecule has 1 atom stereocenters. The first-order valence-corrected chi connectivity index (χ1v) is 7.69. The van der Waals surface area contributed by atoms with Gasteiger partial charge in [0, 0.05) is 35.9 Å². The van der Waals surface area contributed by atoms with E-state index < -0.39 is 6.10 Å². The molecule has 0 radical (unpaired) electrons. The lowest BCUT2D eigenvalue weighted by Gasteiger charge is -2.13. The summed E-state index contributed by atoms with van der Waals surface area (Å²) in [5.74, 6) is -0.257. The van der Waals surface area contributed by atoms with Crippen LogP contribution in [0.1, 0.15) is 22.0 Å². The molecule has 0 aliphatic heterocycles. The third-order valence-corrected chi connectivity index (χ3v) is 4.07. The second-order valence-electron chi connectivity index (χ2n) is 5.48. The highest BCUT2D eigenvalue weighted by atomic mass is 35.5. The second-order valence-corrected chi connectivity index (χ2v) is 5.92. The average molecular weight is 329 g/mol. The summed E-state index contributed by atoms with van der Waals surface area (Å²) in [6.07, 6.45) is 1.21. The van der Waals surface area contributed by atoms with Crippen LogP contribution >= 0.6 is 11.6 Å². The highest BCUT2D eigenvalue weighted by molar-refractivity contribution is 6.30. The van der Waals surface area contributed by atoms with Gasteiger partial charge in [-0.3, -0.25) is 4.79 Å². The molecule has 0 spiro atoms. The standard InChI is InChI=1S/C18H17ClN2O2/c1-21-8-7-12-9-13(5-6-16(12)21)17(22)11-20-18(23)14-3-2-4-15(19)10-14/h2-10,17,22H,11H2,1H3,(H,20,23). The van der Waals surface area contributed by atoms with Gasteiger partial charge in [0.25, 0.3) is 5.91 Å². The van der Waals surface area contributed by atoms with Gasteiger partial charge in [-0.05, 0) is 47.3 Å². The zero-order chi connectivity index (χ0) is 16.4. The van der Waals surface area contributed by atoms with Crippen LogP contribution in [-0.2, 0) is 7.05 Å². The Morgan fingerprint density at radius 2 is 2.09 bits per heavy atom. The van der Waals surface area contributed by atoms with Crippen LogP contribution in [-0.4, -0.2) is 22.1 Å². The van der Waals surface area contributed by atoms with Crippen LogP contribution in [0.3, 0.4) is 0 Å². The molecule has 0 fully saturated rings. The fourth-order valence-corrected chi connectivity index (χ4v) is 2.74. The lowest BCUT2D eigenvalue weighted by molar-refractivity contribution is 0.0916. The van der Waals surface area contributed by atoms with Crippen molar-refractivity contribution >= 4 is 28.4 Å². The molecule has 1 heterocycles. The van der Waals surface area contributed by atoms with Crippen molar-refractivity contribution in [1.29, 1.82) is 0 Å². The number of amides is 1. The van der Waals surface area contributed by atoms with E-state index in [-0.39, 0.29) is 12.5 Å². The molecule has 0 aliphatic carbocycles. The zero-order valence-corrected chi connectivity index (χ0v) is 13.4. The molecule has 3 rings (SSSR count). The van der Waals surface area contributed by atoms with E-state index in [1.54, 1.807) is 24.3 Å². The maximum absolute atomic E-state index is 12.1. The van der Waals surface area contributed by atoms with Gasteiger partial charge in [0.05, 0.1) is 6.10 Å². The number of hydrogen-bond donors (Lipinski definition) is 2. The molecule has 0 bridgehead atoms. The minimum Gasteiger partial charge on any atom is -0.387 e. The summed E-state index contributed by atoms with van der Waals surface area (Å²) in [5.41, 5.74) is 2.35. The smallest absolute Gasteiger partial charge is 0.251 e. The molecular weight excluding hydrogens is 312 g/mol. The Labute approximate surface area is 139 Å². The van der Waals surface area contributed by atoms with E-state index in [2.05, 4.69) is 5.32 Å². The van der Waals surface area contributed by atoms with E-state index in [4.69, 9.17) is 11.6 Å². The summed E-state index contributed by atoms with van der Waals surface area (Å²) in [6.45, 7) is 0.143. The van der Waals surface area contributed by atoms with Crippen LogP contribution < -0.4 is 5.32 Å². The minimum absolute atomic E-state index is 0.143. The molecule has 2 N–H and O–H groups in total. The fraction of sp³-hybridized carbons (Fsp3) is 0.167. The first-order valence-electron chi connectivity index (χ1n) is 7.31. The number of carbonyl (C=O) groups excluding carboxylic acids is 1. The largest absolute Gasteiger partial charge is 0.387 e. The van der Waals surface area contributed by atoms with Crippen molar-refractivity contribution in [3.05, 3.63) is 70.9 Å². The molecule has 1 aromatic heterocycles. The van der Waals surface area contributed by atoms with Crippen molar-refractivity contribution < 1.29 is 9.90 Å². The topological polar surface area (TPSA) is 54.3 Å². The fourth-order valence-electron chi connectivity index (χ4n) is 2.55. The van der Waals surface area contributed by atoms with Gasteiger partial charge in [0.1, 0.15) is 0 Å². The number of rotatable bonds is 4. The number of aryl methyl sites for hydroxylation is 1. The summed E-state index contributed by atoms with van der Waals surface area (Å²) in [6, 6.07) is 14.5. The lowest BCUT2D eigenvalue weighted by atomic mass is 10.1. The summed E-state index contributed by atoms with van der Waals surface area (Å²) >= 11 is 5.87. The number of nitrogens with one attached hydrogen (secondary N) is 1. The zero-order valence-electron chi connectivity index (χ0n) is 12.7. The van der Waals surface area contributed by atoms with Crippen LogP contribution in [0.25, 0.3) is 10.9 Å². The van der Waals surface area contributed by atoms with Crippen molar-refractivity contribution in [3.63, 3.8) is 0 Å². The van der Waals surface area contributed by atoms with Gasteiger partial charge in [-0.25, -0.2) is 0 Å². The van der Waals surface area contributed by atoms with Crippen LogP contribution in [0.4, 0.5) is 0 Å². The Hall–Kier alpha value is -2.30. The van der Waals surface area contributed by atoms with E-state index in [0.717, 1.165) is 16.5 Å². The van der Waals surface area contributed by atoms with Crippen LogP contribution in [0.15, 0.2) is 54.7 Å². The number of aromatic nitrogens is 1. The molecule has 23 heavy (non-hydrogen) atoms. The van der Waals surface area contributed by atoms with Gasteiger partial charge in [0.2, 0.25) is 0 Å². The van der Waals surface area contributed by atoms with Gasteiger partial charge in [-0.1, -0.05) is 23.7 Å². The molecule has 2 aromatic carbocycles. The Morgan fingerprint density at radius 1 is 1.26 bits per heavy atom. The van der Waals surface area contributed by atoms with E-state index in [9.17, 15) is 9.90 Å².